The van der Waals surface area contributed by atoms with Crippen LogP contribution in [0.15, 0.2) is 36.4 Å². The van der Waals surface area contributed by atoms with Crippen LogP contribution in [0.2, 0.25) is 10.3 Å². The summed E-state index contributed by atoms with van der Waals surface area (Å²) in [6.45, 7) is 9.01. The molecule has 0 N–H and O–H groups in total. The predicted molar refractivity (Wildman–Crippen MR) is 125 cm³/mol. The van der Waals surface area contributed by atoms with E-state index in [-0.39, 0.29) is 0 Å². The largest absolute Gasteiger partial charge is 0.476 e. The standard InChI is InChI=1S/C23H27Cl2N5O/c1-4-7-18-14-22(29-23(27-18)19-9-6-8-16(3)26-19)31-11-10-30(5-2)15-17-12-20(24)28-21(25)13-17/h6,8-9,12-14H,4-5,7,10-11,15H2,1-3H3. The van der Waals surface area contributed by atoms with Crippen LogP contribution < -0.4 is 4.74 Å². The quantitative estimate of drug-likeness (QED) is 0.378. The summed E-state index contributed by atoms with van der Waals surface area (Å²) < 4.78 is 6.02. The molecule has 3 heterocycles. The zero-order chi connectivity index (χ0) is 22.2. The van der Waals surface area contributed by atoms with Crippen molar-refractivity contribution in [3.63, 3.8) is 0 Å². The molecule has 0 aliphatic heterocycles. The van der Waals surface area contributed by atoms with Gasteiger partial charge in [-0.3, -0.25) is 4.90 Å². The Hall–Kier alpha value is -2.28. The molecule has 0 aliphatic rings. The highest BCUT2D eigenvalue weighted by molar-refractivity contribution is 6.32. The molecule has 0 aliphatic carbocycles. The minimum atomic E-state index is 0.400. The van der Waals surface area contributed by atoms with E-state index in [9.17, 15) is 0 Å². The number of aromatic nitrogens is 4. The first-order chi connectivity index (χ1) is 15.0. The van der Waals surface area contributed by atoms with E-state index >= 15 is 0 Å². The molecule has 0 bridgehead atoms. The van der Waals surface area contributed by atoms with Gasteiger partial charge in [-0.25, -0.2) is 15.0 Å². The van der Waals surface area contributed by atoms with Crippen LogP contribution in [0.4, 0.5) is 0 Å². The van der Waals surface area contributed by atoms with Gasteiger partial charge in [0.15, 0.2) is 5.82 Å². The van der Waals surface area contributed by atoms with Gasteiger partial charge in [-0.05, 0) is 49.7 Å². The number of likely N-dealkylation sites (N-methyl/N-ethyl adjacent to an activating group) is 1. The zero-order valence-corrected chi connectivity index (χ0v) is 19.6. The summed E-state index contributed by atoms with van der Waals surface area (Å²) in [5.41, 5.74) is 3.66. The number of halogens is 2. The lowest BCUT2D eigenvalue weighted by atomic mass is 10.2. The second kappa shape index (κ2) is 11.4. The van der Waals surface area contributed by atoms with E-state index < -0.39 is 0 Å². The number of pyridine rings is 2. The SMILES string of the molecule is CCCc1cc(OCCN(CC)Cc2cc(Cl)nc(Cl)c2)nc(-c2cccc(C)n2)n1. The first-order valence-electron chi connectivity index (χ1n) is 10.5. The van der Waals surface area contributed by atoms with Gasteiger partial charge in [0.25, 0.3) is 0 Å². The molecule has 3 rings (SSSR count). The van der Waals surface area contributed by atoms with Crippen molar-refractivity contribution in [1.82, 2.24) is 24.8 Å². The van der Waals surface area contributed by atoms with E-state index in [1.165, 1.54) is 0 Å². The summed E-state index contributed by atoms with van der Waals surface area (Å²) in [6, 6.07) is 11.4. The number of nitrogens with zero attached hydrogens (tertiary/aromatic N) is 5. The minimum absolute atomic E-state index is 0.400. The van der Waals surface area contributed by atoms with Crippen molar-refractivity contribution >= 4 is 23.2 Å². The van der Waals surface area contributed by atoms with Gasteiger partial charge in [0.2, 0.25) is 5.88 Å². The molecule has 3 aromatic rings. The molecule has 0 radical (unpaired) electrons. The van der Waals surface area contributed by atoms with Crippen molar-refractivity contribution < 1.29 is 4.74 Å². The smallest absolute Gasteiger partial charge is 0.217 e. The van der Waals surface area contributed by atoms with Gasteiger partial charge in [0.1, 0.15) is 22.6 Å². The second-order valence-corrected chi connectivity index (χ2v) is 8.05. The fourth-order valence-corrected chi connectivity index (χ4v) is 3.71. The summed E-state index contributed by atoms with van der Waals surface area (Å²) >= 11 is 12.0. The maximum Gasteiger partial charge on any atom is 0.217 e. The summed E-state index contributed by atoms with van der Waals surface area (Å²) in [5, 5.41) is 0.799. The van der Waals surface area contributed by atoms with E-state index in [1.54, 1.807) is 0 Å². The molecule has 0 aromatic carbocycles. The molecule has 0 atom stereocenters. The maximum absolute atomic E-state index is 6.02. The molecular formula is C23H27Cl2N5O. The molecule has 164 valence electrons. The number of hydrogen-bond acceptors (Lipinski definition) is 6. The maximum atomic E-state index is 6.02. The van der Waals surface area contributed by atoms with Gasteiger partial charge >= 0.3 is 0 Å². The zero-order valence-electron chi connectivity index (χ0n) is 18.1. The van der Waals surface area contributed by atoms with E-state index in [0.29, 0.717) is 35.2 Å². The van der Waals surface area contributed by atoms with Crippen molar-refractivity contribution in [3.05, 3.63) is 63.7 Å². The Morgan fingerprint density at radius 3 is 2.42 bits per heavy atom. The molecule has 31 heavy (non-hydrogen) atoms. The number of rotatable bonds is 10. The van der Waals surface area contributed by atoms with Crippen LogP contribution in [-0.2, 0) is 13.0 Å². The Morgan fingerprint density at radius 1 is 0.968 bits per heavy atom. The Kier molecular flexibility index (Phi) is 8.58. The van der Waals surface area contributed by atoms with Gasteiger partial charge in [0.05, 0.1) is 0 Å². The third kappa shape index (κ3) is 7.13. The van der Waals surface area contributed by atoms with Crippen molar-refractivity contribution in [2.75, 3.05) is 19.7 Å². The third-order valence-corrected chi connectivity index (χ3v) is 5.10. The van der Waals surface area contributed by atoms with Crippen LogP contribution in [0, 0.1) is 6.92 Å². The normalized spacial score (nSPS) is 11.2. The van der Waals surface area contributed by atoms with Crippen LogP contribution in [0.1, 0.15) is 37.2 Å². The number of aryl methyl sites for hydroxylation is 2. The average Bonchev–Trinajstić information content (AvgIpc) is 2.72. The summed E-state index contributed by atoms with van der Waals surface area (Å²) in [6.07, 6.45) is 1.86. The summed E-state index contributed by atoms with van der Waals surface area (Å²) in [4.78, 5) is 20.1. The molecule has 8 heteroatoms. The minimum Gasteiger partial charge on any atom is -0.476 e. The van der Waals surface area contributed by atoms with Crippen LogP contribution in [-0.4, -0.2) is 44.5 Å². The van der Waals surface area contributed by atoms with E-state index in [4.69, 9.17) is 27.9 Å². The molecule has 3 aromatic heterocycles. The van der Waals surface area contributed by atoms with E-state index in [0.717, 1.165) is 48.6 Å². The molecule has 0 unspecified atom stereocenters. The highest BCUT2D eigenvalue weighted by Crippen LogP contribution is 2.19. The van der Waals surface area contributed by atoms with Crippen molar-refractivity contribution in [3.8, 4) is 17.4 Å². The van der Waals surface area contributed by atoms with Crippen molar-refractivity contribution in [2.45, 2.75) is 40.2 Å². The Bertz CT molecular complexity index is 995. The first-order valence-corrected chi connectivity index (χ1v) is 11.2. The molecule has 6 nitrogen and oxygen atoms in total. The van der Waals surface area contributed by atoms with Crippen LogP contribution in [0.5, 0.6) is 5.88 Å². The molecule has 0 saturated carbocycles. The lowest BCUT2D eigenvalue weighted by Gasteiger charge is -2.20. The first kappa shape index (κ1) is 23.4. The fourth-order valence-electron chi connectivity index (χ4n) is 3.20. The van der Waals surface area contributed by atoms with Crippen LogP contribution >= 0.6 is 23.2 Å². The van der Waals surface area contributed by atoms with Gasteiger partial charge in [-0.2, -0.15) is 4.98 Å². The lowest BCUT2D eigenvalue weighted by molar-refractivity contribution is 0.205. The summed E-state index contributed by atoms with van der Waals surface area (Å²) in [5.74, 6) is 1.17. The lowest BCUT2D eigenvalue weighted by Crippen LogP contribution is -2.28. The van der Waals surface area contributed by atoms with Crippen LogP contribution in [0.25, 0.3) is 11.5 Å². The molecule has 0 amide bonds. The Morgan fingerprint density at radius 2 is 1.74 bits per heavy atom. The van der Waals surface area contributed by atoms with Gasteiger partial charge in [-0.15, -0.1) is 0 Å². The third-order valence-electron chi connectivity index (χ3n) is 4.71. The van der Waals surface area contributed by atoms with Gasteiger partial charge in [0, 0.05) is 30.5 Å². The fraction of sp³-hybridized carbons (Fsp3) is 0.391. The topological polar surface area (TPSA) is 64.0 Å². The van der Waals surface area contributed by atoms with Crippen LogP contribution in [0.3, 0.4) is 0 Å². The highest BCUT2D eigenvalue weighted by atomic mass is 35.5. The van der Waals surface area contributed by atoms with Crippen molar-refractivity contribution in [2.24, 2.45) is 0 Å². The van der Waals surface area contributed by atoms with E-state index in [2.05, 4.69) is 38.7 Å². The van der Waals surface area contributed by atoms with Gasteiger partial charge in [-0.1, -0.05) is 49.5 Å². The monoisotopic (exact) mass is 459 g/mol. The number of ether oxygens (including phenoxy) is 1. The predicted octanol–water partition coefficient (Wildman–Crippen LogP) is 5.40. The Balaban J connectivity index is 1.68. The van der Waals surface area contributed by atoms with Crippen molar-refractivity contribution in [1.29, 1.82) is 0 Å². The highest BCUT2D eigenvalue weighted by Gasteiger charge is 2.11. The Labute approximate surface area is 193 Å². The summed E-state index contributed by atoms with van der Waals surface area (Å²) in [7, 11) is 0. The van der Waals surface area contributed by atoms with Gasteiger partial charge < -0.3 is 4.74 Å². The molecule has 0 fully saturated rings. The second-order valence-electron chi connectivity index (χ2n) is 7.27. The number of hydrogen-bond donors (Lipinski definition) is 0. The molecule has 0 spiro atoms. The molecule has 0 saturated heterocycles. The molecular weight excluding hydrogens is 433 g/mol. The average molecular weight is 460 g/mol. The van der Waals surface area contributed by atoms with E-state index in [1.807, 2.05) is 43.3 Å².